The van der Waals surface area contributed by atoms with E-state index in [1.807, 2.05) is 0 Å². The summed E-state index contributed by atoms with van der Waals surface area (Å²) in [4.78, 5) is 35.2. The molecule has 1 saturated heterocycles. The molecule has 148 valence electrons. The highest BCUT2D eigenvalue weighted by molar-refractivity contribution is 7.99. The Hall–Kier alpha value is -3.08. The smallest absolute Gasteiger partial charge is 0.321 e. The maximum absolute atomic E-state index is 12.0. The number of hydrogen-bond acceptors (Lipinski definition) is 8. The van der Waals surface area contributed by atoms with Crippen molar-refractivity contribution in [3.63, 3.8) is 0 Å². The lowest BCUT2D eigenvalue weighted by molar-refractivity contribution is -0.125. The van der Waals surface area contributed by atoms with Crippen molar-refractivity contribution in [2.45, 2.75) is 24.6 Å². The van der Waals surface area contributed by atoms with E-state index in [9.17, 15) is 14.4 Å². The fraction of sp³-hybridized carbons (Fsp3) is 0.353. The van der Waals surface area contributed by atoms with Gasteiger partial charge in [-0.1, -0.05) is 11.8 Å². The molecule has 1 aromatic carbocycles. The third-order valence-corrected chi connectivity index (χ3v) is 4.90. The van der Waals surface area contributed by atoms with Gasteiger partial charge < -0.3 is 19.8 Å². The Morgan fingerprint density at radius 1 is 1.29 bits per heavy atom. The number of ether oxygens (including phenoxy) is 1. The number of urea groups is 1. The van der Waals surface area contributed by atoms with Gasteiger partial charge >= 0.3 is 6.03 Å². The molecule has 3 N–H and O–H groups in total. The monoisotopic (exact) mass is 405 g/mol. The molecule has 11 heteroatoms. The van der Waals surface area contributed by atoms with Crippen LogP contribution in [0.15, 0.2) is 33.9 Å². The van der Waals surface area contributed by atoms with E-state index in [1.165, 1.54) is 0 Å². The van der Waals surface area contributed by atoms with E-state index >= 15 is 0 Å². The summed E-state index contributed by atoms with van der Waals surface area (Å²) in [5, 5.41) is 15.6. The molecule has 1 aromatic heterocycles. The number of methoxy groups -OCH3 is 1. The summed E-state index contributed by atoms with van der Waals surface area (Å²) >= 11 is 1.09. The van der Waals surface area contributed by atoms with Gasteiger partial charge in [-0.15, -0.1) is 10.2 Å². The zero-order valence-corrected chi connectivity index (χ0v) is 16.0. The molecule has 0 saturated carbocycles. The van der Waals surface area contributed by atoms with Crippen molar-refractivity contribution >= 4 is 35.3 Å². The molecule has 3 rings (SSSR count). The van der Waals surface area contributed by atoms with E-state index in [0.717, 1.165) is 11.8 Å². The third kappa shape index (κ3) is 5.00. The molecular weight excluding hydrogens is 386 g/mol. The number of aromatic nitrogens is 2. The van der Waals surface area contributed by atoms with Gasteiger partial charge in [-0.2, -0.15) is 0 Å². The normalized spacial score (nSPS) is 18.9. The summed E-state index contributed by atoms with van der Waals surface area (Å²) in [7, 11) is 1.57. The first-order valence-corrected chi connectivity index (χ1v) is 9.43. The number of anilines is 1. The average molecular weight is 405 g/mol. The molecule has 0 spiro atoms. The molecule has 2 heterocycles. The molecule has 0 bridgehead atoms. The molecule has 10 nitrogen and oxygen atoms in total. The predicted molar refractivity (Wildman–Crippen MR) is 100.0 cm³/mol. The van der Waals surface area contributed by atoms with Crippen LogP contribution in [0.25, 0.3) is 0 Å². The Bertz CT molecular complexity index is 869. The van der Waals surface area contributed by atoms with Gasteiger partial charge in [0, 0.05) is 18.2 Å². The Morgan fingerprint density at radius 3 is 2.71 bits per heavy atom. The number of carbonyl (C=O) groups is 3. The third-order valence-electron chi connectivity index (χ3n) is 4.08. The number of carbonyl (C=O) groups excluding carboxylic acids is 3. The quantitative estimate of drug-likeness (QED) is 0.585. The van der Waals surface area contributed by atoms with Gasteiger partial charge in [0.25, 0.3) is 5.22 Å². The Morgan fingerprint density at radius 2 is 2.04 bits per heavy atom. The van der Waals surface area contributed by atoms with Crippen LogP contribution >= 0.6 is 11.8 Å². The van der Waals surface area contributed by atoms with Crippen molar-refractivity contribution in [2.75, 3.05) is 18.2 Å². The second-order valence-corrected chi connectivity index (χ2v) is 7.02. The highest BCUT2D eigenvalue weighted by Gasteiger charge is 2.34. The molecule has 2 unspecified atom stereocenters. The number of imide groups is 1. The largest absolute Gasteiger partial charge is 0.497 e. The zero-order valence-electron chi connectivity index (χ0n) is 15.2. The van der Waals surface area contributed by atoms with Crippen LogP contribution < -0.4 is 20.7 Å². The summed E-state index contributed by atoms with van der Waals surface area (Å²) < 4.78 is 10.6. The standard InChI is InChI=1S/C17H19N5O5S/c1-9-12(15(24)20-16(25)18-9)7-14-21-22-17(27-14)28-8-13(23)19-10-3-5-11(26-2)6-4-10/h3-6,9,12H,7-8H2,1-2H3,(H,19,23)(H2,18,20,24,25). The lowest BCUT2D eigenvalue weighted by Crippen LogP contribution is -2.57. The minimum absolute atomic E-state index is 0.0873. The van der Waals surface area contributed by atoms with E-state index in [1.54, 1.807) is 38.3 Å². The van der Waals surface area contributed by atoms with Crippen LogP contribution in [0, 0.1) is 5.92 Å². The summed E-state index contributed by atoms with van der Waals surface area (Å²) in [6, 6.07) is 6.11. The van der Waals surface area contributed by atoms with E-state index in [2.05, 4.69) is 26.1 Å². The lowest BCUT2D eigenvalue weighted by atomic mass is 9.95. The SMILES string of the molecule is COc1ccc(NC(=O)CSc2nnc(CC3C(=O)NC(=O)NC3C)o2)cc1. The second-order valence-electron chi connectivity index (χ2n) is 6.09. The van der Waals surface area contributed by atoms with Gasteiger partial charge in [-0.05, 0) is 31.2 Å². The van der Waals surface area contributed by atoms with Crippen LogP contribution in [0.1, 0.15) is 12.8 Å². The predicted octanol–water partition coefficient (Wildman–Crippen LogP) is 1.20. The van der Waals surface area contributed by atoms with Crippen LogP contribution in [-0.2, 0) is 16.0 Å². The summed E-state index contributed by atoms with van der Waals surface area (Å²) in [5.74, 6) is -0.0633. The molecule has 0 aliphatic carbocycles. The van der Waals surface area contributed by atoms with Gasteiger partial charge in [-0.25, -0.2) is 4.79 Å². The van der Waals surface area contributed by atoms with Crippen molar-refractivity contribution in [2.24, 2.45) is 5.92 Å². The van der Waals surface area contributed by atoms with Crippen molar-refractivity contribution in [3.05, 3.63) is 30.2 Å². The molecule has 1 aliphatic heterocycles. The van der Waals surface area contributed by atoms with Crippen LogP contribution in [-0.4, -0.2) is 46.9 Å². The van der Waals surface area contributed by atoms with Crippen LogP contribution in [0.3, 0.4) is 0 Å². The van der Waals surface area contributed by atoms with Crippen molar-refractivity contribution < 1.29 is 23.5 Å². The summed E-state index contributed by atoms with van der Waals surface area (Å²) in [6.07, 6.45) is 0.193. The Kier molecular flexibility index (Phi) is 6.14. The van der Waals surface area contributed by atoms with Crippen LogP contribution in [0.5, 0.6) is 5.75 Å². The van der Waals surface area contributed by atoms with Crippen LogP contribution in [0.4, 0.5) is 10.5 Å². The van der Waals surface area contributed by atoms with Gasteiger partial charge in [-0.3, -0.25) is 14.9 Å². The summed E-state index contributed by atoms with van der Waals surface area (Å²) in [6.45, 7) is 1.73. The fourth-order valence-corrected chi connectivity index (χ4v) is 3.19. The maximum atomic E-state index is 12.0. The Balaban J connectivity index is 1.49. The van der Waals surface area contributed by atoms with E-state index in [0.29, 0.717) is 11.4 Å². The molecule has 28 heavy (non-hydrogen) atoms. The molecule has 1 fully saturated rings. The second kappa shape index (κ2) is 8.74. The van der Waals surface area contributed by atoms with Gasteiger partial charge in [0.05, 0.1) is 18.8 Å². The molecule has 2 aromatic rings. The highest BCUT2D eigenvalue weighted by Crippen LogP contribution is 2.21. The average Bonchev–Trinajstić information content (AvgIpc) is 3.11. The molecule has 0 radical (unpaired) electrons. The number of benzene rings is 1. The van der Waals surface area contributed by atoms with Gasteiger partial charge in [0.1, 0.15) is 5.75 Å². The summed E-state index contributed by atoms with van der Waals surface area (Å²) in [5.41, 5.74) is 0.650. The van der Waals surface area contributed by atoms with Gasteiger partial charge in [0.2, 0.25) is 17.7 Å². The van der Waals surface area contributed by atoms with Crippen molar-refractivity contribution in [1.82, 2.24) is 20.8 Å². The van der Waals surface area contributed by atoms with E-state index < -0.39 is 11.9 Å². The Labute approximate surface area is 164 Å². The molecular formula is C17H19N5O5S. The molecule has 1 aliphatic rings. The fourth-order valence-electron chi connectivity index (χ4n) is 2.61. The number of thioether (sulfide) groups is 1. The highest BCUT2D eigenvalue weighted by atomic mass is 32.2. The minimum Gasteiger partial charge on any atom is -0.497 e. The molecule has 4 amide bonds. The van der Waals surface area contributed by atoms with E-state index in [4.69, 9.17) is 9.15 Å². The van der Waals surface area contributed by atoms with Gasteiger partial charge in [0.15, 0.2) is 0 Å². The minimum atomic E-state index is -0.515. The maximum Gasteiger partial charge on any atom is 0.321 e. The number of nitrogens with one attached hydrogen (secondary N) is 3. The first-order valence-electron chi connectivity index (χ1n) is 8.45. The van der Waals surface area contributed by atoms with Crippen molar-refractivity contribution in [1.29, 1.82) is 0 Å². The first-order chi connectivity index (χ1) is 13.4. The molecule has 2 atom stereocenters. The van der Waals surface area contributed by atoms with E-state index in [-0.39, 0.29) is 41.1 Å². The van der Waals surface area contributed by atoms with Crippen molar-refractivity contribution in [3.8, 4) is 5.75 Å². The zero-order chi connectivity index (χ0) is 20.1. The van der Waals surface area contributed by atoms with Crippen LogP contribution in [0.2, 0.25) is 0 Å². The number of hydrogen-bond donors (Lipinski definition) is 3. The number of nitrogens with zero attached hydrogens (tertiary/aromatic N) is 2. The number of rotatable bonds is 7. The number of amides is 4. The lowest BCUT2D eigenvalue weighted by Gasteiger charge is -2.27. The first kappa shape index (κ1) is 19.7. The topological polar surface area (TPSA) is 135 Å².